The summed E-state index contributed by atoms with van der Waals surface area (Å²) >= 11 is 0. The van der Waals surface area contributed by atoms with Crippen LogP contribution in [0.3, 0.4) is 0 Å². The topological polar surface area (TPSA) is 63.4 Å². The maximum atomic E-state index is 9.82. The lowest BCUT2D eigenvalue weighted by Gasteiger charge is -2.29. The molecule has 0 fully saturated rings. The van der Waals surface area contributed by atoms with E-state index in [9.17, 15) is 5.11 Å². The van der Waals surface area contributed by atoms with Crippen LogP contribution < -0.4 is 0 Å². The van der Waals surface area contributed by atoms with E-state index in [4.69, 9.17) is 4.74 Å². The highest BCUT2D eigenvalue weighted by Crippen LogP contribution is 2.21. The van der Waals surface area contributed by atoms with Crippen molar-refractivity contribution in [2.24, 2.45) is 0 Å². The van der Waals surface area contributed by atoms with E-state index in [1.165, 1.54) is 0 Å². The van der Waals surface area contributed by atoms with Gasteiger partial charge < -0.3 is 14.4 Å². The molecule has 112 valence electrons. The second kappa shape index (κ2) is 6.34. The van der Waals surface area contributed by atoms with E-state index in [0.29, 0.717) is 19.7 Å². The van der Waals surface area contributed by atoms with Crippen molar-refractivity contribution >= 4 is 0 Å². The Morgan fingerprint density at radius 1 is 1.24 bits per heavy atom. The molecule has 0 amide bonds. The van der Waals surface area contributed by atoms with Gasteiger partial charge in [-0.25, -0.2) is 0 Å². The number of hydrogen-bond acceptors (Lipinski definition) is 5. The van der Waals surface area contributed by atoms with Crippen LogP contribution in [0.15, 0.2) is 30.3 Å². The first kappa shape index (κ1) is 14.2. The number of ether oxygens (including phenoxy) is 1. The highest BCUT2D eigenvalue weighted by Gasteiger charge is 2.23. The minimum atomic E-state index is -0.460. The number of fused-ring (bicyclic) bond motifs is 1. The maximum Gasteiger partial charge on any atom is 0.164 e. The summed E-state index contributed by atoms with van der Waals surface area (Å²) in [6.45, 7) is 3.39. The first-order valence-corrected chi connectivity index (χ1v) is 7.15. The molecule has 1 atom stereocenters. The number of nitrogens with zero attached hydrogens (tertiary/aromatic N) is 4. The molecule has 2 aromatic rings. The first-order valence-electron chi connectivity index (χ1n) is 7.15. The normalized spacial score (nSPS) is 16.7. The van der Waals surface area contributed by atoms with Crippen LogP contribution in [0, 0.1) is 0 Å². The molecule has 0 spiro atoms. The summed E-state index contributed by atoms with van der Waals surface area (Å²) in [5, 5.41) is 18.4. The van der Waals surface area contributed by atoms with E-state index < -0.39 is 6.10 Å². The molecule has 2 heterocycles. The number of aliphatic hydroxyl groups excluding tert-OH is 1. The lowest BCUT2D eigenvalue weighted by atomic mass is 10.2. The van der Waals surface area contributed by atoms with Crippen molar-refractivity contribution in [3.05, 3.63) is 36.2 Å². The zero-order valence-corrected chi connectivity index (χ0v) is 12.1. The Kier molecular flexibility index (Phi) is 4.28. The maximum absolute atomic E-state index is 9.82. The number of β-amino-alcohol motifs (C(OH)–C–C–N with tert-alkyl or cyclic N) is 1. The van der Waals surface area contributed by atoms with E-state index in [1.807, 2.05) is 30.3 Å². The number of aliphatic hydroxyl groups is 1. The van der Waals surface area contributed by atoms with Crippen molar-refractivity contribution < 1.29 is 9.84 Å². The van der Waals surface area contributed by atoms with Crippen molar-refractivity contribution in [1.29, 1.82) is 0 Å². The van der Waals surface area contributed by atoms with Crippen molar-refractivity contribution in [3.63, 3.8) is 0 Å². The molecule has 1 aromatic heterocycles. The number of benzene rings is 1. The summed E-state index contributed by atoms with van der Waals surface area (Å²) in [6.07, 6.45) is -0.460. The quantitative estimate of drug-likeness (QED) is 0.880. The second-order valence-electron chi connectivity index (χ2n) is 5.30. The van der Waals surface area contributed by atoms with E-state index >= 15 is 0 Å². The fourth-order valence-electron chi connectivity index (χ4n) is 2.71. The lowest BCUT2D eigenvalue weighted by molar-refractivity contribution is 0.0311. The molecular weight excluding hydrogens is 268 g/mol. The van der Waals surface area contributed by atoms with Gasteiger partial charge in [-0.05, 0) is 0 Å². The second-order valence-corrected chi connectivity index (χ2v) is 5.30. The van der Waals surface area contributed by atoms with Gasteiger partial charge in [0.2, 0.25) is 0 Å². The van der Waals surface area contributed by atoms with Crippen molar-refractivity contribution in [2.75, 3.05) is 26.8 Å². The van der Waals surface area contributed by atoms with E-state index in [-0.39, 0.29) is 0 Å². The predicted octanol–water partition coefficient (Wildman–Crippen LogP) is 0.768. The average Bonchev–Trinajstić information content (AvgIpc) is 2.91. The third kappa shape index (κ3) is 3.12. The SMILES string of the molecule is COCC(O)CN1CCn2c(nnc2-c2ccccc2)C1. The van der Waals surface area contributed by atoms with Crippen LogP contribution in [0.2, 0.25) is 0 Å². The van der Waals surface area contributed by atoms with Crippen LogP contribution in [0.25, 0.3) is 11.4 Å². The van der Waals surface area contributed by atoms with Crippen LogP contribution in [-0.4, -0.2) is 57.7 Å². The molecule has 0 bridgehead atoms. The molecule has 1 N–H and O–H groups in total. The van der Waals surface area contributed by atoms with Crippen LogP contribution in [-0.2, 0) is 17.8 Å². The Labute approximate surface area is 124 Å². The van der Waals surface area contributed by atoms with Crippen molar-refractivity contribution in [1.82, 2.24) is 19.7 Å². The van der Waals surface area contributed by atoms with Gasteiger partial charge in [-0.1, -0.05) is 30.3 Å². The molecule has 0 saturated heterocycles. The van der Waals surface area contributed by atoms with Gasteiger partial charge in [0.25, 0.3) is 0 Å². The molecule has 3 rings (SSSR count). The third-order valence-corrected chi connectivity index (χ3v) is 3.69. The average molecular weight is 288 g/mol. The largest absolute Gasteiger partial charge is 0.389 e. The molecule has 1 aliphatic heterocycles. The molecular formula is C15H20N4O2. The number of hydrogen-bond donors (Lipinski definition) is 1. The molecule has 0 radical (unpaired) electrons. The zero-order valence-electron chi connectivity index (χ0n) is 12.1. The van der Waals surface area contributed by atoms with Crippen LogP contribution >= 0.6 is 0 Å². The minimum Gasteiger partial charge on any atom is -0.389 e. The summed E-state index contributed by atoms with van der Waals surface area (Å²) in [5.41, 5.74) is 1.09. The predicted molar refractivity (Wildman–Crippen MR) is 78.6 cm³/mol. The number of methoxy groups -OCH3 is 1. The fourth-order valence-corrected chi connectivity index (χ4v) is 2.71. The van der Waals surface area contributed by atoms with Crippen LogP contribution in [0.5, 0.6) is 0 Å². The highest BCUT2D eigenvalue weighted by molar-refractivity contribution is 5.55. The summed E-state index contributed by atoms with van der Waals surface area (Å²) in [5.74, 6) is 1.87. The highest BCUT2D eigenvalue weighted by atomic mass is 16.5. The van der Waals surface area contributed by atoms with E-state index in [2.05, 4.69) is 19.7 Å². The summed E-state index contributed by atoms with van der Waals surface area (Å²) in [7, 11) is 1.60. The Bertz CT molecular complexity index is 585. The Balaban J connectivity index is 1.73. The zero-order chi connectivity index (χ0) is 14.7. The van der Waals surface area contributed by atoms with Crippen molar-refractivity contribution in [2.45, 2.75) is 19.2 Å². The van der Waals surface area contributed by atoms with Crippen LogP contribution in [0.1, 0.15) is 5.82 Å². The van der Waals surface area contributed by atoms with Crippen LogP contribution in [0.4, 0.5) is 0 Å². The van der Waals surface area contributed by atoms with Gasteiger partial charge in [0.05, 0.1) is 19.3 Å². The smallest absolute Gasteiger partial charge is 0.164 e. The van der Waals surface area contributed by atoms with Gasteiger partial charge in [-0.2, -0.15) is 0 Å². The molecule has 6 heteroatoms. The Hall–Kier alpha value is -1.76. The van der Waals surface area contributed by atoms with Gasteiger partial charge in [0.1, 0.15) is 5.82 Å². The number of rotatable bonds is 5. The standard InChI is InChI=1S/C15H20N4O2/c1-21-11-13(20)9-18-7-8-19-14(10-18)16-17-15(19)12-5-3-2-4-6-12/h2-6,13,20H,7-11H2,1H3. The molecule has 6 nitrogen and oxygen atoms in total. The van der Waals surface area contributed by atoms with Gasteiger partial charge in [-0.3, -0.25) is 4.90 Å². The molecule has 1 unspecified atom stereocenters. The third-order valence-electron chi connectivity index (χ3n) is 3.69. The van der Waals surface area contributed by atoms with Gasteiger partial charge in [0.15, 0.2) is 5.82 Å². The monoisotopic (exact) mass is 288 g/mol. The van der Waals surface area contributed by atoms with Gasteiger partial charge >= 0.3 is 0 Å². The minimum absolute atomic E-state index is 0.360. The Morgan fingerprint density at radius 2 is 2.05 bits per heavy atom. The Morgan fingerprint density at radius 3 is 2.81 bits per heavy atom. The van der Waals surface area contributed by atoms with E-state index in [1.54, 1.807) is 7.11 Å². The molecule has 0 aliphatic carbocycles. The summed E-state index contributed by atoms with van der Waals surface area (Å²) < 4.78 is 7.13. The van der Waals surface area contributed by atoms with Gasteiger partial charge in [-0.15, -0.1) is 10.2 Å². The fraction of sp³-hybridized carbons (Fsp3) is 0.467. The van der Waals surface area contributed by atoms with E-state index in [0.717, 1.165) is 30.3 Å². The number of aromatic nitrogens is 3. The van der Waals surface area contributed by atoms with Crippen molar-refractivity contribution in [3.8, 4) is 11.4 Å². The first-order chi connectivity index (χ1) is 10.3. The lowest BCUT2D eigenvalue weighted by Crippen LogP contribution is -2.40. The van der Waals surface area contributed by atoms with Gasteiger partial charge in [0, 0.05) is 32.3 Å². The molecule has 1 aromatic carbocycles. The molecule has 0 saturated carbocycles. The molecule has 21 heavy (non-hydrogen) atoms. The molecule has 1 aliphatic rings. The summed E-state index contributed by atoms with van der Waals surface area (Å²) in [6, 6.07) is 10.1. The summed E-state index contributed by atoms with van der Waals surface area (Å²) in [4.78, 5) is 2.18.